The maximum atomic E-state index is 12.4. The van der Waals surface area contributed by atoms with Crippen molar-refractivity contribution in [3.63, 3.8) is 0 Å². The first-order chi connectivity index (χ1) is 13.7. The second-order valence-electron chi connectivity index (χ2n) is 6.77. The van der Waals surface area contributed by atoms with Crippen molar-refractivity contribution in [1.29, 1.82) is 0 Å². The van der Waals surface area contributed by atoms with Crippen molar-refractivity contribution in [2.75, 3.05) is 10.6 Å². The molecule has 0 atom stereocenters. The van der Waals surface area contributed by atoms with Crippen LogP contribution in [0.1, 0.15) is 48.4 Å². The Morgan fingerprint density at radius 3 is 1.90 bits per heavy atom. The highest BCUT2D eigenvalue weighted by Gasteiger charge is 2.17. The van der Waals surface area contributed by atoms with Gasteiger partial charge in [0.05, 0.1) is 34.0 Å². The fourth-order valence-corrected chi connectivity index (χ4v) is 2.76. The number of esters is 2. The van der Waals surface area contributed by atoms with Crippen molar-refractivity contribution in [3.05, 3.63) is 58.6 Å². The van der Waals surface area contributed by atoms with Gasteiger partial charge in [-0.05, 0) is 70.2 Å². The van der Waals surface area contributed by atoms with Gasteiger partial charge in [-0.2, -0.15) is 0 Å². The van der Waals surface area contributed by atoms with Crippen molar-refractivity contribution in [3.8, 4) is 0 Å². The van der Waals surface area contributed by atoms with Crippen LogP contribution in [0.2, 0.25) is 5.02 Å². The molecule has 8 heteroatoms. The van der Waals surface area contributed by atoms with Gasteiger partial charge in [-0.15, -0.1) is 0 Å². The number of thiocarbonyl (C=S) groups is 1. The molecular formula is C21H23ClN2O4S. The number of rotatable bonds is 6. The first-order valence-electron chi connectivity index (χ1n) is 9.05. The zero-order chi connectivity index (χ0) is 21.6. The smallest absolute Gasteiger partial charge is 0.338 e. The van der Waals surface area contributed by atoms with Crippen molar-refractivity contribution < 1.29 is 19.1 Å². The summed E-state index contributed by atoms with van der Waals surface area (Å²) in [6.07, 6.45) is -0.596. The number of carbonyl (C=O) groups is 2. The predicted molar refractivity (Wildman–Crippen MR) is 119 cm³/mol. The Bertz CT molecular complexity index is 875. The summed E-state index contributed by atoms with van der Waals surface area (Å²) in [5, 5.41) is 6.69. The molecule has 0 aliphatic heterocycles. The van der Waals surface area contributed by atoms with Gasteiger partial charge in [-0.3, -0.25) is 0 Å². The Balaban J connectivity index is 2.28. The monoisotopic (exact) mass is 434 g/mol. The third kappa shape index (κ3) is 7.03. The average Bonchev–Trinajstić information content (AvgIpc) is 2.62. The number of nitrogens with one attached hydrogen (secondary N) is 2. The highest BCUT2D eigenvalue weighted by Crippen LogP contribution is 2.22. The van der Waals surface area contributed by atoms with Gasteiger partial charge in [0.2, 0.25) is 0 Å². The molecule has 2 rings (SSSR count). The summed E-state index contributed by atoms with van der Waals surface area (Å²) in [6.45, 7) is 6.99. The lowest BCUT2D eigenvalue weighted by atomic mass is 10.1. The number of hydrogen-bond acceptors (Lipinski definition) is 5. The Hall–Kier alpha value is -2.64. The molecule has 2 aromatic carbocycles. The van der Waals surface area contributed by atoms with Gasteiger partial charge >= 0.3 is 11.9 Å². The predicted octanol–water partition coefficient (Wildman–Crippen LogP) is 5.28. The molecule has 0 fully saturated rings. The van der Waals surface area contributed by atoms with E-state index in [1.807, 2.05) is 6.07 Å². The van der Waals surface area contributed by atoms with Crippen LogP contribution in [-0.2, 0) is 9.47 Å². The van der Waals surface area contributed by atoms with Gasteiger partial charge in [0.15, 0.2) is 5.11 Å². The minimum absolute atomic E-state index is 0.208. The fourth-order valence-electron chi connectivity index (χ4n) is 2.35. The number of benzene rings is 2. The number of ether oxygens (including phenoxy) is 2. The summed E-state index contributed by atoms with van der Waals surface area (Å²) in [6, 6.07) is 11.7. The van der Waals surface area contributed by atoms with Crippen LogP contribution in [0.25, 0.3) is 0 Å². The average molecular weight is 435 g/mol. The van der Waals surface area contributed by atoms with Gasteiger partial charge in [0.1, 0.15) is 0 Å². The van der Waals surface area contributed by atoms with Gasteiger partial charge < -0.3 is 20.1 Å². The van der Waals surface area contributed by atoms with E-state index in [0.717, 1.165) is 0 Å². The highest BCUT2D eigenvalue weighted by atomic mass is 35.5. The minimum Gasteiger partial charge on any atom is -0.459 e. The quantitative estimate of drug-likeness (QED) is 0.473. The molecule has 0 unspecified atom stereocenters. The molecular weight excluding hydrogens is 412 g/mol. The Kier molecular flexibility index (Phi) is 7.99. The highest BCUT2D eigenvalue weighted by molar-refractivity contribution is 7.80. The molecule has 2 N–H and O–H groups in total. The molecule has 0 saturated carbocycles. The second kappa shape index (κ2) is 10.2. The molecule has 0 saturated heterocycles. The van der Waals surface area contributed by atoms with Crippen LogP contribution >= 0.6 is 23.8 Å². The third-order valence-corrected chi connectivity index (χ3v) is 4.00. The lowest BCUT2D eigenvalue weighted by molar-refractivity contribution is 0.0377. The summed E-state index contributed by atoms with van der Waals surface area (Å²) in [4.78, 5) is 24.7. The van der Waals surface area contributed by atoms with E-state index in [2.05, 4.69) is 10.6 Å². The molecule has 154 valence electrons. The Morgan fingerprint density at radius 1 is 0.897 bits per heavy atom. The lowest BCUT2D eigenvalue weighted by Crippen LogP contribution is -2.21. The first-order valence-corrected chi connectivity index (χ1v) is 9.84. The van der Waals surface area contributed by atoms with Crippen LogP contribution < -0.4 is 10.6 Å². The van der Waals surface area contributed by atoms with E-state index in [9.17, 15) is 9.59 Å². The molecule has 6 nitrogen and oxygen atoms in total. The van der Waals surface area contributed by atoms with E-state index < -0.39 is 11.9 Å². The molecule has 2 aromatic rings. The summed E-state index contributed by atoms with van der Waals surface area (Å²) in [5.41, 5.74) is 1.48. The number of para-hydroxylation sites is 1. The van der Waals surface area contributed by atoms with Crippen molar-refractivity contribution >= 4 is 52.2 Å². The lowest BCUT2D eigenvalue weighted by Gasteiger charge is -2.15. The van der Waals surface area contributed by atoms with E-state index in [1.54, 1.807) is 58.0 Å². The van der Waals surface area contributed by atoms with E-state index in [4.69, 9.17) is 33.3 Å². The van der Waals surface area contributed by atoms with Gasteiger partial charge in [-0.1, -0.05) is 23.7 Å². The van der Waals surface area contributed by atoms with E-state index in [0.29, 0.717) is 16.4 Å². The molecule has 0 aromatic heterocycles. The Labute approximate surface area is 180 Å². The SMILES string of the molecule is CC(C)OC(=O)c1cc(NC(=S)Nc2ccccc2Cl)cc(C(=O)OC(C)C)c1. The van der Waals surface area contributed by atoms with E-state index in [-0.39, 0.29) is 28.4 Å². The molecule has 0 amide bonds. The summed E-state index contributed by atoms with van der Waals surface area (Å²) in [7, 11) is 0. The molecule has 0 heterocycles. The minimum atomic E-state index is -0.549. The van der Waals surface area contributed by atoms with Crippen LogP contribution in [0.3, 0.4) is 0 Å². The number of halogens is 1. The Morgan fingerprint density at radius 2 is 1.41 bits per heavy atom. The van der Waals surface area contributed by atoms with Crippen LogP contribution in [-0.4, -0.2) is 29.3 Å². The third-order valence-electron chi connectivity index (χ3n) is 3.47. The van der Waals surface area contributed by atoms with E-state index >= 15 is 0 Å². The second-order valence-corrected chi connectivity index (χ2v) is 7.58. The normalized spacial score (nSPS) is 10.6. The molecule has 0 radical (unpaired) electrons. The topological polar surface area (TPSA) is 76.7 Å². The molecule has 0 aliphatic rings. The maximum absolute atomic E-state index is 12.4. The van der Waals surface area contributed by atoms with Gasteiger partial charge in [0, 0.05) is 5.69 Å². The molecule has 0 aliphatic carbocycles. The zero-order valence-corrected chi connectivity index (χ0v) is 18.2. The fraction of sp³-hybridized carbons (Fsp3) is 0.286. The van der Waals surface area contributed by atoms with Gasteiger partial charge in [0.25, 0.3) is 0 Å². The number of hydrogen-bond donors (Lipinski definition) is 2. The molecule has 29 heavy (non-hydrogen) atoms. The van der Waals surface area contributed by atoms with Crippen molar-refractivity contribution in [2.45, 2.75) is 39.9 Å². The van der Waals surface area contributed by atoms with Crippen LogP contribution in [0.15, 0.2) is 42.5 Å². The van der Waals surface area contributed by atoms with Crippen molar-refractivity contribution in [2.24, 2.45) is 0 Å². The van der Waals surface area contributed by atoms with Crippen LogP contribution in [0.5, 0.6) is 0 Å². The van der Waals surface area contributed by atoms with E-state index in [1.165, 1.54) is 6.07 Å². The summed E-state index contributed by atoms with van der Waals surface area (Å²) >= 11 is 11.5. The number of anilines is 2. The molecule has 0 spiro atoms. The summed E-state index contributed by atoms with van der Waals surface area (Å²) < 4.78 is 10.5. The first kappa shape index (κ1) is 22.6. The standard InChI is InChI=1S/C21H23ClN2O4S/c1-12(2)27-19(25)14-9-15(20(26)28-13(3)4)11-16(10-14)23-21(29)24-18-8-6-5-7-17(18)22/h5-13H,1-4H3,(H2,23,24,29). The number of carbonyl (C=O) groups excluding carboxylic acids is 2. The molecule has 0 bridgehead atoms. The van der Waals surface area contributed by atoms with Crippen LogP contribution in [0, 0.1) is 0 Å². The zero-order valence-electron chi connectivity index (χ0n) is 16.6. The largest absolute Gasteiger partial charge is 0.459 e. The van der Waals surface area contributed by atoms with Crippen LogP contribution in [0.4, 0.5) is 11.4 Å². The maximum Gasteiger partial charge on any atom is 0.338 e. The van der Waals surface area contributed by atoms with Crippen molar-refractivity contribution in [1.82, 2.24) is 0 Å². The summed E-state index contributed by atoms with van der Waals surface area (Å²) in [5.74, 6) is -1.10. The van der Waals surface area contributed by atoms with Gasteiger partial charge in [-0.25, -0.2) is 9.59 Å².